The van der Waals surface area contributed by atoms with Crippen LogP contribution in [-0.4, -0.2) is 66.4 Å². The van der Waals surface area contributed by atoms with E-state index in [-0.39, 0.29) is 43.0 Å². The van der Waals surface area contributed by atoms with Crippen LogP contribution in [0.1, 0.15) is 52.4 Å². The van der Waals surface area contributed by atoms with Gasteiger partial charge in [0.05, 0.1) is 11.5 Å². The van der Waals surface area contributed by atoms with E-state index in [1.165, 1.54) is 0 Å². The van der Waals surface area contributed by atoms with Crippen LogP contribution in [-0.2, 0) is 24.2 Å². The number of nitrogens with one attached hydrogen (secondary N) is 2. The summed E-state index contributed by atoms with van der Waals surface area (Å²) in [6, 6.07) is -0.160. The molecule has 8 nitrogen and oxygen atoms in total. The lowest BCUT2D eigenvalue weighted by Gasteiger charge is -2.34. The maximum absolute atomic E-state index is 13.6. The van der Waals surface area contributed by atoms with Gasteiger partial charge in [0.2, 0.25) is 5.91 Å². The van der Waals surface area contributed by atoms with Crippen molar-refractivity contribution in [1.82, 2.24) is 15.7 Å². The number of alkyl halides is 2. The molecule has 6 atom stereocenters. The third-order valence-corrected chi connectivity index (χ3v) is 5.88. The maximum atomic E-state index is 13.6. The molecule has 172 valence electrons. The van der Waals surface area contributed by atoms with Gasteiger partial charge in [0.15, 0.2) is 6.10 Å². The normalized spacial score (nSPS) is 31.0. The Labute approximate surface area is 182 Å². The van der Waals surface area contributed by atoms with E-state index in [0.29, 0.717) is 31.4 Å². The minimum absolute atomic E-state index is 0.103. The standard InChI is InChI=1S/C20H33ClFN3O5/c1-5-14-9-18(29-30-25(14)4)20(27)24-13(3)8-12(2)23-19(26)11-28-15-6-7-16(21)17(22)10-15/h13-18H,2,5-11H2,1,3-4H3,(H,23,26)(H,24,27). The number of amides is 2. The van der Waals surface area contributed by atoms with Crippen molar-refractivity contribution in [2.75, 3.05) is 13.7 Å². The molecule has 0 aromatic carbocycles. The zero-order valence-electron chi connectivity index (χ0n) is 17.9. The zero-order chi connectivity index (χ0) is 22.3. The Kier molecular flexibility index (Phi) is 9.96. The van der Waals surface area contributed by atoms with Gasteiger partial charge in [-0.05, 0) is 26.2 Å². The molecule has 1 aliphatic heterocycles. The highest BCUT2D eigenvalue weighted by Gasteiger charge is 2.33. The van der Waals surface area contributed by atoms with Crippen molar-refractivity contribution in [2.24, 2.45) is 0 Å². The monoisotopic (exact) mass is 449 g/mol. The van der Waals surface area contributed by atoms with Gasteiger partial charge in [-0.2, -0.15) is 5.06 Å². The molecule has 0 radical (unpaired) electrons. The number of hydrogen-bond donors (Lipinski definition) is 2. The Morgan fingerprint density at radius 2 is 2.10 bits per heavy atom. The van der Waals surface area contributed by atoms with Crippen molar-refractivity contribution in [3.8, 4) is 0 Å². The number of ether oxygens (including phenoxy) is 1. The maximum Gasteiger partial charge on any atom is 0.252 e. The van der Waals surface area contributed by atoms with Gasteiger partial charge in [-0.15, -0.1) is 16.6 Å². The molecular formula is C20H33ClFN3O5. The van der Waals surface area contributed by atoms with E-state index in [9.17, 15) is 14.0 Å². The van der Waals surface area contributed by atoms with Crippen LogP contribution in [0.3, 0.4) is 0 Å². The van der Waals surface area contributed by atoms with Crippen LogP contribution in [0.2, 0.25) is 0 Å². The summed E-state index contributed by atoms with van der Waals surface area (Å²) < 4.78 is 19.1. The minimum atomic E-state index is -1.11. The fraction of sp³-hybridized carbons (Fsp3) is 0.800. The molecule has 2 N–H and O–H groups in total. The second-order valence-corrected chi connectivity index (χ2v) is 8.61. The van der Waals surface area contributed by atoms with Crippen LogP contribution in [0.4, 0.5) is 4.39 Å². The van der Waals surface area contributed by atoms with Crippen molar-refractivity contribution in [3.05, 3.63) is 12.3 Å². The number of nitrogens with zero attached hydrogens (tertiary/aromatic N) is 1. The molecule has 6 unspecified atom stereocenters. The molecule has 1 aliphatic carbocycles. The quantitative estimate of drug-likeness (QED) is 0.415. The fourth-order valence-corrected chi connectivity index (χ4v) is 3.85. The summed E-state index contributed by atoms with van der Waals surface area (Å²) in [5.74, 6) is -0.632. The molecule has 2 amide bonds. The van der Waals surface area contributed by atoms with Gasteiger partial charge in [0.1, 0.15) is 12.8 Å². The molecule has 0 aromatic rings. The van der Waals surface area contributed by atoms with E-state index in [0.717, 1.165) is 6.42 Å². The topological polar surface area (TPSA) is 89.1 Å². The largest absolute Gasteiger partial charge is 0.368 e. The molecule has 30 heavy (non-hydrogen) atoms. The van der Waals surface area contributed by atoms with E-state index in [2.05, 4.69) is 17.2 Å². The molecule has 2 rings (SSSR count). The molecule has 2 aliphatic rings. The number of carbonyl (C=O) groups excluding carboxylic acids is 2. The highest BCUT2D eigenvalue weighted by Crippen LogP contribution is 2.27. The first-order chi connectivity index (χ1) is 14.2. The van der Waals surface area contributed by atoms with Gasteiger partial charge in [-0.3, -0.25) is 9.59 Å². The fourth-order valence-electron chi connectivity index (χ4n) is 3.62. The lowest BCUT2D eigenvalue weighted by Crippen LogP contribution is -2.49. The van der Waals surface area contributed by atoms with Gasteiger partial charge < -0.3 is 15.4 Å². The van der Waals surface area contributed by atoms with E-state index in [4.69, 9.17) is 26.2 Å². The zero-order valence-corrected chi connectivity index (χ0v) is 18.6. The first-order valence-electron chi connectivity index (χ1n) is 10.4. The van der Waals surface area contributed by atoms with Crippen LogP contribution in [0.5, 0.6) is 0 Å². The van der Waals surface area contributed by atoms with Gasteiger partial charge in [0.25, 0.3) is 5.91 Å². The van der Waals surface area contributed by atoms with Crippen molar-refractivity contribution < 1.29 is 28.6 Å². The van der Waals surface area contributed by atoms with E-state index < -0.39 is 17.7 Å². The number of carbonyl (C=O) groups is 2. The third kappa shape index (κ3) is 7.77. The average Bonchev–Trinajstić information content (AvgIpc) is 2.68. The number of halogens is 2. The summed E-state index contributed by atoms with van der Waals surface area (Å²) in [5.41, 5.74) is 0.455. The molecule has 2 fully saturated rings. The van der Waals surface area contributed by atoms with Crippen molar-refractivity contribution in [3.63, 3.8) is 0 Å². The lowest BCUT2D eigenvalue weighted by atomic mass is 9.95. The lowest BCUT2D eigenvalue weighted by molar-refractivity contribution is -0.466. The van der Waals surface area contributed by atoms with Gasteiger partial charge >= 0.3 is 0 Å². The van der Waals surface area contributed by atoms with Crippen LogP contribution >= 0.6 is 11.6 Å². The average molecular weight is 450 g/mol. The molecule has 0 bridgehead atoms. The molecule has 0 spiro atoms. The summed E-state index contributed by atoms with van der Waals surface area (Å²) in [7, 11) is 1.76. The van der Waals surface area contributed by atoms with Gasteiger partial charge in [-0.25, -0.2) is 9.28 Å². The SMILES string of the molecule is C=C(CC(C)NC(=O)C1CC(CC)N(C)OO1)NC(=O)COC1CCC(Cl)C(F)C1. The van der Waals surface area contributed by atoms with Crippen LogP contribution < -0.4 is 10.6 Å². The third-order valence-electron chi connectivity index (χ3n) is 5.39. The van der Waals surface area contributed by atoms with Crippen LogP contribution in [0, 0.1) is 0 Å². The highest BCUT2D eigenvalue weighted by atomic mass is 35.5. The Balaban J connectivity index is 1.66. The second kappa shape index (κ2) is 12.0. The molecule has 10 heteroatoms. The Morgan fingerprint density at radius 3 is 2.77 bits per heavy atom. The first kappa shape index (κ1) is 25.0. The Bertz CT molecular complexity index is 611. The van der Waals surface area contributed by atoms with Gasteiger partial charge in [0, 0.05) is 44.1 Å². The molecule has 1 saturated heterocycles. The highest BCUT2D eigenvalue weighted by molar-refractivity contribution is 6.21. The second-order valence-electron chi connectivity index (χ2n) is 8.05. The first-order valence-corrected chi connectivity index (χ1v) is 10.9. The summed E-state index contributed by atoms with van der Waals surface area (Å²) in [6.07, 6.45) is 0.981. The Hall–Kier alpha value is -1.26. The predicted octanol–water partition coefficient (Wildman–Crippen LogP) is 2.37. The number of hydroxylamine groups is 2. The summed E-state index contributed by atoms with van der Waals surface area (Å²) in [4.78, 5) is 34.6. The molecule has 0 aromatic heterocycles. The van der Waals surface area contributed by atoms with Crippen LogP contribution in [0.25, 0.3) is 0 Å². The summed E-state index contributed by atoms with van der Waals surface area (Å²) in [6.45, 7) is 7.48. The van der Waals surface area contributed by atoms with E-state index >= 15 is 0 Å². The minimum Gasteiger partial charge on any atom is -0.368 e. The van der Waals surface area contributed by atoms with E-state index in [1.807, 2.05) is 13.8 Å². The molecular weight excluding hydrogens is 417 g/mol. The Morgan fingerprint density at radius 1 is 1.37 bits per heavy atom. The predicted molar refractivity (Wildman–Crippen MR) is 110 cm³/mol. The van der Waals surface area contributed by atoms with Crippen molar-refractivity contribution in [1.29, 1.82) is 0 Å². The van der Waals surface area contributed by atoms with Crippen molar-refractivity contribution in [2.45, 2.75) is 88.2 Å². The van der Waals surface area contributed by atoms with Crippen LogP contribution in [0.15, 0.2) is 12.3 Å². The molecule has 1 heterocycles. The molecule has 1 saturated carbocycles. The smallest absolute Gasteiger partial charge is 0.252 e. The summed E-state index contributed by atoms with van der Waals surface area (Å²) >= 11 is 5.85. The van der Waals surface area contributed by atoms with Gasteiger partial charge in [-0.1, -0.05) is 13.5 Å². The number of rotatable bonds is 9. The number of hydrogen-bond acceptors (Lipinski definition) is 6. The van der Waals surface area contributed by atoms with E-state index in [1.54, 1.807) is 12.1 Å². The van der Waals surface area contributed by atoms with Crippen molar-refractivity contribution >= 4 is 23.4 Å². The summed E-state index contributed by atoms with van der Waals surface area (Å²) in [5, 5.41) is 6.62.